The van der Waals surface area contributed by atoms with E-state index in [0.29, 0.717) is 11.4 Å². The third-order valence-electron chi connectivity index (χ3n) is 2.63. The van der Waals surface area contributed by atoms with Gasteiger partial charge in [0, 0.05) is 11.8 Å². The number of nitrogens with one attached hydrogen (secondary N) is 2. The monoisotopic (exact) mass is 344 g/mol. The number of halogens is 3. The van der Waals surface area contributed by atoms with Gasteiger partial charge < -0.3 is 15.0 Å². The number of carbonyl (C=O) groups is 1. The molecule has 7 heteroatoms. The summed E-state index contributed by atoms with van der Waals surface area (Å²) < 4.78 is 31.5. The first-order valence-corrected chi connectivity index (χ1v) is 6.45. The fourth-order valence-corrected chi connectivity index (χ4v) is 1.94. The SMILES string of the molecule is COC(=O)c1ccc(CNc2cc(F)c(Br)cc2F)[nH]1. The maximum atomic E-state index is 13.6. The third-order valence-corrected chi connectivity index (χ3v) is 3.24. The van der Waals surface area contributed by atoms with Crippen molar-refractivity contribution < 1.29 is 18.3 Å². The van der Waals surface area contributed by atoms with Gasteiger partial charge in [0.05, 0.1) is 23.8 Å². The standard InChI is InChI=1S/C13H11BrF2N2O2/c1-20-13(19)11-3-2-7(18-11)6-17-12-5-9(15)8(14)4-10(12)16/h2-5,17-18H,6H2,1H3. The first kappa shape index (κ1) is 14.5. The summed E-state index contributed by atoms with van der Waals surface area (Å²) in [5.74, 6) is -1.62. The largest absolute Gasteiger partial charge is 0.464 e. The van der Waals surface area contributed by atoms with Crippen molar-refractivity contribution in [3.8, 4) is 0 Å². The molecule has 0 amide bonds. The molecular formula is C13H11BrF2N2O2. The average molecular weight is 345 g/mol. The Labute approximate surface area is 122 Å². The second kappa shape index (κ2) is 6.04. The predicted octanol–water partition coefficient (Wildman–Crippen LogP) is 3.45. The number of rotatable bonds is 4. The van der Waals surface area contributed by atoms with Crippen molar-refractivity contribution >= 4 is 27.6 Å². The van der Waals surface area contributed by atoms with Crippen molar-refractivity contribution in [3.05, 3.63) is 51.8 Å². The van der Waals surface area contributed by atoms with Gasteiger partial charge in [-0.3, -0.25) is 0 Å². The highest BCUT2D eigenvalue weighted by Gasteiger charge is 2.10. The number of benzene rings is 1. The number of H-pyrrole nitrogens is 1. The molecule has 0 atom stereocenters. The Morgan fingerprint density at radius 3 is 2.80 bits per heavy atom. The van der Waals surface area contributed by atoms with Crippen LogP contribution >= 0.6 is 15.9 Å². The summed E-state index contributed by atoms with van der Waals surface area (Å²) in [7, 11) is 1.28. The average Bonchev–Trinajstić information content (AvgIpc) is 2.89. The minimum atomic E-state index is -0.571. The van der Waals surface area contributed by atoms with Crippen LogP contribution in [-0.2, 0) is 11.3 Å². The normalized spacial score (nSPS) is 10.4. The van der Waals surface area contributed by atoms with Gasteiger partial charge in [-0.1, -0.05) is 0 Å². The molecule has 0 saturated heterocycles. The van der Waals surface area contributed by atoms with Crippen LogP contribution in [0.4, 0.5) is 14.5 Å². The molecule has 1 aromatic heterocycles. The van der Waals surface area contributed by atoms with Gasteiger partial charge >= 0.3 is 5.97 Å². The zero-order valence-corrected chi connectivity index (χ0v) is 12.1. The second-order valence-corrected chi connectivity index (χ2v) is 4.84. The molecule has 2 rings (SSSR count). The zero-order chi connectivity index (χ0) is 14.7. The Morgan fingerprint density at radius 1 is 1.35 bits per heavy atom. The summed E-state index contributed by atoms with van der Waals surface area (Å²) in [5, 5.41) is 2.75. The Morgan fingerprint density at radius 2 is 2.10 bits per heavy atom. The molecule has 20 heavy (non-hydrogen) atoms. The minimum absolute atomic E-state index is 0.0416. The minimum Gasteiger partial charge on any atom is -0.464 e. The summed E-state index contributed by atoms with van der Waals surface area (Å²) in [5.41, 5.74) is 0.986. The number of aromatic nitrogens is 1. The van der Waals surface area contributed by atoms with Crippen LogP contribution in [0.1, 0.15) is 16.2 Å². The highest BCUT2D eigenvalue weighted by Crippen LogP contribution is 2.23. The number of aromatic amines is 1. The van der Waals surface area contributed by atoms with E-state index in [0.717, 1.165) is 12.1 Å². The van der Waals surface area contributed by atoms with E-state index >= 15 is 0 Å². The smallest absolute Gasteiger partial charge is 0.354 e. The molecule has 1 heterocycles. The quantitative estimate of drug-likeness (QED) is 0.659. The summed E-state index contributed by atoms with van der Waals surface area (Å²) >= 11 is 2.90. The van der Waals surface area contributed by atoms with Gasteiger partial charge in [-0.15, -0.1) is 0 Å². The van der Waals surface area contributed by atoms with Crippen LogP contribution in [0.2, 0.25) is 0 Å². The molecule has 106 valence electrons. The molecule has 1 aromatic carbocycles. The number of methoxy groups -OCH3 is 1. The maximum absolute atomic E-state index is 13.6. The summed E-state index contributed by atoms with van der Waals surface area (Å²) in [6, 6.07) is 5.32. The topological polar surface area (TPSA) is 54.1 Å². The molecule has 0 unspecified atom stereocenters. The highest BCUT2D eigenvalue weighted by molar-refractivity contribution is 9.10. The predicted molar refractivity (Wildman–Crippen MR) is 73.5 cm³/mol. The number of carbonyl (C=O) groups excluding carboxylic acids is 1. The van der Waals surface area contributed by atoms with Crippen molar-refractivity contribution in [2.45, 2.75) is 6.54 Å². The molecule has 0 radical (unpaired) electrons. The van der Waals surface area contributed by atoms with Gasteiger partial charge in [0.1, 0.15) is 17.3 Å². The van der Waals surface area contributed by atoms with E-state index in [-0.39, 0.29) is 16.7 Å². The molecule has 0 saturated carbocycles. The maximum Gasteiger partial charge on any atom is 0.354 e. The fraction of sp³-hybridized carbons (Fsp3) is 0.154. The van der Waals surface area contributed by atoms with E-state index in [1.807, 2.05) is 0 Å². The van der Waals surface area contributed by atoms with E-state index in [1.54, 1.807) is 12.1 Å². The Hall–Kier alpha value is -1.89. The Bertz CT molecular complexity index is 643. The van der Waals surface area contributed by atoms with Crippen LogP contribution in [0, 0.1) is 11.6 Å². The highest BCUT2D eigenvalue weighted by atomic mass is 79.9. The van der Waals surface area contributed by atoms with E-state index in [4.69, 9.17) is 0 Å². The van der Waals surface area contributed by atoms with Crippen LogP contribution in [0.5, 0.6) is 0 Å². The molecule has 4 nitrogen and oxygen atoms in total. The lowest BCUT2D eigenvalue weighted by Crippen LogP contribution is -2.05. The molecule has 2 aromatic rings. The number of anilines is 1. The number of esters is 1. The van der Waals surface area contributed by atoms with Crippen molar-refractivity contribution in [2.75, 3.05) is 12.4 Å². The first-order chi connectivity index (χ1) is 9.51. The van der Waals surface area contributed by atoms with Gasteiger partial charge in [-0.05, 0) is 34.1 Å². The van der Waals surface area contributed by atoms with Crippen molar-refractivity contribution in [3.63, 3.8) is 0 Å². The van der Waals surface area contributed by atoms with Gasteiger partial charge in [-0.2, -0.15) is 0 Å². The number of hydrogen-bond acceptors (Lipinski definition) is 3. The molecule has 0 aliphatic heterocycles. The third kappa shape index (κ3) is 3.16. The lowest BCUT2D eigenvalue weighted by atomic mass is 10.3. The number of hydrogen-bond donors (Lipinski definition) is 2. The molecule has 2 N–H and O–H groups in total. The zero-order valence-electron chi connectivity index (χ0n) is 10.5. The molecular weight excluding hydrogens is 334 g/mol. The van der Waals surface area contributed by atoms with Crippen molar-refractivity contribution in [1.29, 1.82) is 0 Å². The number of ether oxygens (including phenoxy) is 1. The van der Waals surface area contributed by atoms with E-state index in [1.165, 1.54) is 7.11 Å². The van der Waals surface area contributed by atoms with E-state index < -0.39 is 17.6 Å². The Kier molecular flexibility index (Phi) is 4.39. The van der Waals surface area contributed by atoms with Crippen LogP contribution in [-0.4, -0.2) is 18.1 Å². The van der Waals surface area contributed by atoms with Crippen LogP contribution < -0.4 is 5.32 Å². The van der Waals surface area contributed by atoms with Crippen molar-refractivity contribution in [2.24, 2.45) is 0 Å². The lowest BCUT2D eigenvalue weighted by molar-refractivity contribution is 0.0594. The summed E-state index contributed by atoms with van der Waals surface area (Å²) in [6.07, 6.45) is 0. The van der Waals surface area contributed by atoms with Crippen LogP contribution in [0.25, 0.3) is 0 Å². The molecule has 0 aliphatic carbocycles. The van der Waals surface area contributed by atoms with Gasteiger partial charge in [0.2, 0.25) is 0 Å². The van der Waals surface area contributed by atoms with Crippen molar-refractivity contribution in [1.82, 2.24) is 4.98 Å². The first-order valence-electron chi connectivity index (χ1n) is 5.66. The molecule has 0 aliphatic rings. The summed E-state index contributed by atoms with van der Waals surface area (Å²) in [6.45, 7) is 0.217. The summed E-state index contributed by atoms with van der Waals surface area (Å²) in [4.78, 5) is 14.1. The fourth-order valence-electron chi connectivity index (χ4n) is 1.62. The molecule has 0 spiro atoms. The molecule has 0 bridgehead atoms. The molecule has 0 fully saturated rings. The van der Waals surface area contributed by atoms with Gasteiger partial charge in [-0.25, -0.2) is 13.6 Å². The lowest BCUT2D eigenvalue weighted by Gasteiger charge is -2.07. The van der Waals surface area contributed by atoms with Gasteiger partial charge in [0.25, 0.3) is 0 Å². The van der Waals surface area contributed by atoms with Crippen LogP contribution in [0.3, 0.4) is 0 Å². The Balaban J connectivity index is 2.07. The van der Waals surface area contributed by atoms with Gasteiger partial charge in [0.15, 0.2) is 0 Å². The second-order valence-electron chi connectivity index (χ2n) is 3.99. The van der Waals surface area contributed by atoms with E-state index in [9.17, 15) is 13.6 Å². The van der Waals surface area contributed by atoms with E-state index in [2.05, 4.69) is 31.0 Å². The van der Waals surface area contributed by atoms with Crippen LogP contribution in [0.15, 0.2) is 28.7 Å².